The van der Waals surface area contributed by atoms with E-state index < -0.39 is 12.1 Å². The molecule has 0 amide bonds. The third-order valence-corrected chi connectivity index (χ3v) is 11.2. The normalized spacial score (nSPS) is 59.2. The number of halogens is 5. The van der Waals surface area contributed by atoms with Crippen molar-refractivity contribution in [1.29, 1.82) is 0 Å². The molecule has 0 aromatic heterocycles. The lowest BCUT2D eigenvalue weighted by atomic mass is 9.62. The summed E-state index contributed by atoms with van der Waals surface area (Å²) in [7, 11) is 0. The molecule has 7 heteroatoms. The lowest BCUT2D eigenvalue weighted by Gasteiger charge is -2.42. The second kappa shape index (κ2) is 4.27. The number of esters is 1. The van der Waals surface area contributed by atoms with E-state index in [-0.39, 0.29) is 12.0 Å². The van der Waals surface area contributed by atoms with E-state index in [1.54, 1.807) is 0 Å². The van der Waals surface area contributed by atoms with Crippen molar-refractivity contribution in [2.45, 2.75) is 26.9 Å². The van der Waals surface area contributed by atoms with Crippen LogP contribution in [0.25, 0.3) is 0 Å². The summed E-state index contributed by atoms with van der Waals surface area (Å²) in [6.07, 6.45) is -2.89. The van der Waals surface area contributed by atoms with Crippen molar-refractivity contribution in [2.24, 2.45) is 46.8 Å². The Labute approximate surface area is 153 Å². The lowest BCUT2D eigenvalue weighted by molar-refractivity contribution is -0.200. The minimum atomic E-state index is -4.87. The van der Waals surface area contributed by atoms with Crippen LogP contribution < -0.4 is 0 Å². The third kappa shape index (κ3) is 1.41. The molecule has 0 unspecified atom stereocenters. The van der Waals surface area contributed by atoms with Gasteiger partial charge >= 0.3 is 12.1 Å². The maximum atomic E-state index is 12.3. The number of carbonyl (C=O) groups is 1. The molecular weight excluding hydrogens is 523 g/mol. The fraction of sp³-hybridized carbons (Fsp3) is 0.933. The molecule has 0 aliphatic heterocycles. The summed E-state index contributed by atoms with van der Waals surface area (Å²) < 4.78 is 42.7. The summed E-state index contributed by atoms with van der Waals surface area (Å²) in [6.45, 7) is -0.0717. The Morgan fingerprint density at radius 3 is 2.55 bits per heavy atom. The van der Waals surface area contributed by atoms with Gasteiger partial charge in [0, 0.05) is 7.85 Å². The highest BCUT2D eigenvalue weighted by Crippen LogP contribution is 2.89. The Hall–Kier alpha value is 0.720. The summed E-state index contributed by atoms with van der Waals surface area (Å²) in [5.41, 5.74) is 0.149. The van der Waals surface area contributed by atoms with Gasteiger partial charge in [-0.25, -0.2) is 4.79 Å². The van der Waals surface area contributed by atoms with Crippen LogP contribution in [0.5, 0.6) is 0 Å². The standard InChI is InChI=1S/C15H15F3I2O2/c16-15(17,18)13(21)22-2-1-14-9-5-3-4-6(7(5)12(14)20)10(14)11(19)8(4)9/h4-12H,1-3H2/t4-,5-,6-,7+,8+,9+,10-,11+,12-,14-/m0/s1. The first-order valence-corrected chi connectivity index (χ1v) is 10.3. The molecule has 22 heavy (non-hydrogen) atoms. The fourth-order valence-electron chi connectivity index (χ4n) is 7.59. The largest absolute Gasteiger partial charge is 0.490 e. The molecule has 2 nitrogen and oxygen atoms in total. The molecule has 0 N–H and O–H groups in total. The van der Waals surface area contributed by atoms with Crippen LogP contribution in [0, 0.1) is 46.8 Å². The van der Waals surface area contributed by atoms with Crippen molar-refractivity contribution in [3.63, 3.8) is 0 Å². The fourth-order valence-corrected chi connectivity index (χ4v) is 11.9. The highest BCUT2D eigenvalue weighted by Gasteiger charge is 2.87. The summed E-state index contributed by atoms with van der Waals surface area (Å²) in [5, 5.41) is 0. The van der Waals surface area contributed by atoms with Gasteiger partial charge in [-0.1, -0.05) is 45.2 Å². The van der Waals surface area contributed by atoms with Crippen LogP contribution in [0.15, 0.2) is 0 Å². The predicted molar refractivity (Wildman–Crippen MR) is 88.7 cm³/mol. The topological polar surface area (TPSA) is 26.3 Å². The zero-order chi connectivity index (χ0) is 15.6. The Morgan fingerprint density at radius 1 is 1.14 bits per heavy atom. The summed E-state index contributed by atoms with van der Waals surface area (Å²) in [6, 6.07) is 0. The Kier molecular flexibility index (Phi) is 2.92. The molecule has 0 radical (unpaired) electrons. The number of hydrogen-bond acceptors (Lipinski definition) is 2. The zero-order valence-corrected chi connectivity index (χ0v) is 15.8. The number of carbonyl (C=O) groups excluding carboxylic acids is 1. The summed E-state index contributed by atoms with van der Waals surface area (Å²) in [4.78, 5) is 11.0. The van der Waals surface area contributed by atoms with E-state index in [0.29, 0.717) is 26.1 Å². The van der Waals surface area contributed by atoms with Gasteiger partial charge in [-0.15, -0.1) is 0 Å². The number of alkyl halides is 5. The third-order valence-electron chi connectivity index (χ3n) is 7.57. The van der Waals surface area contributed by atoms with E-state index in [1.165, 1.54) is 6.42 Å². The minimum absolute atomic E-state index is 0.0717. The first-order chi connectivity index (χ1) is 10.3. The average molecular weight is 538 g/mol. The highest BCUT2D eigenvalue weighted by molar-refractivity contribution is 14.1. The van der Waals surface area contributed by atoms with Gasteiger partial charge in [-0.3, -0.25) is 0 Å². The van der Waals surface area contributed by atoms with Crippen LogP contribution >= 0.6 is 45.2 Å². The summed E-state index contributed by atoms with van der Waals surface area (Å²) >= 11 is 5.18. The highest BCUT2D eigenvalue weighted by atomic mass is 127. The quantitative estimate of drug-likeness (QED) is 0.311. The van der Waals surface area contributed by atoms with Crippen molar-refractivity contribution >= 4 is 51.2 Å². The summed E-state index contributed by atoms with van der Waals surface area (Å²) in [5.74, 6) is 3.38. The van der Waals surface area contributed by atoms with Gasteiger partial charge in [0.15, 0.2) is 0 Å². The van der Waals surface area contributed by atoms with Crippen molar-refractivity contribution in [2.75, 3.05) is 6.61 Å². The van der Waals surface area contributed by atoms with Gasteiger partial charge in [-0.2, -0.15) is 13.2 Å². The molecule has 0 aromatic rings. The molecule has 6 aliphatic carbocycles. The Balaban J connectivity index is 1.39. The molecular formula is C15H15F3I2O2. The van der Waals surface area contributed by atoms with Crippen LogP contribution in [0.1, 0.15) is 12.8 Å². The first kappa shape index (κ1) is 15.0. The second-order valence-corrected chi connectivity index (χ2v) is 10.5. The molecule has 0 aromatic carbocycles. The first-order valence-electron chi connectivity index (χ1n) is 7.82. The monoisotopic (exact) mass is 538 g/mol. The van der Waals surface area contributed by atoms with Gasteiger partial charge in [0.05, 0.1) is 6.61 Å². The molecule has 6 bridgehead atoms. The smallest absolute Gasteiger partial charge is 0.459 e. The number of hydrogen-bond donors (Lipinski definition) is 0. The van der Waals surface area contributed by atoms with Crippen molar-refractivity contribution in [3.8, 4) is 0 Å². The maximum absolute atomic E-state index is 12.3. The van der Waals surface area contributed by atoms with E-state index >= 15 is 0 Å². The maximum Gasteiger partial charge on any atom is 0.490 e. The molecule has 10 atom stereocenters. The van der Waals surface area contributed by atoms with Gasteiger partial charge in [-0.05, 0) is 59.7 Å². The van der Waals surface area contributed by atoms with Crippen LogP contribution in [0.4, 0.5) is 13.2 Å². The van der Waals surface area contributed by atoms with Crippen LogP contribution in [0.3, 0.4) is 0 Å². The second-order valence-electron chi connectivity index (χ2n) is 7.69. The van der Waals surface area contributed by atoms with Crippen molar-refractivity contribution in [1.82, 2.24) is 0 Å². The van der Waals surface area contributed by atoms with E-state index in [0.717, 1.165) is 29.6 Å². The number of ether oxygens (including phenoxy) is 1. The minimum Gasteiger partial charge on any atom is -0.459 e. The number of rotatable bonds is 3. The molecule has 6 rings (SSSR count). The van der Waals surface area contributed by atoms with Gasteiger partial charge in [0.25, 0.3) is 0 Å². The van der Waals surface area contributed by atoms with Crippen LogP contribution in [-0.2, 0) is 9.53 Å². The van der Waals surface area contributed by atoms with Crippen molar-refractivity contribution < 1.29 is 22.7 Å². The molecule has 122 valence electrons. The van der Waals surface area contributed by atoms with E-state index in [1.807, 2.05) is 0 Å². The van der Waals surface area contributed by atoms with E-state index in [2.05, 4.69) is 49.9 Å². The van der Waals surface area contributed by atoms with E-state index in [9.17, 15) is 18.0 Å². The molecule has 0 heterocycles. The molecule has 0 saturated heterocycles. The van der Waals surface area contributed by atoms with Crippen molar-refractivity contribution in [3.05, 3.63) is 0 Å². The Morgan fingerprint density at radius 2 is 1.86 bits per heavy atom. The van der Waals surface area contributed by atoms with Crippen LogP contribution in [-0.4, -0.2) is 26.6 Å². The van der Waals surface area contributed by atoms with Crippen LogP contribution in [0.2, 0.25) is 0 Å². The molecule has 6 aliphatic rings. The van der Waals surface area contributed by atoms with Gasteiger partial charge in [0.1, 0.15) is 0 Å². The predicted octanol–water partition coefficient (Wildman–Crippen LogP) is 3.85. The van der Waals surface area contributed by atoms with Gasteiger partial charge < -0.3 is 4.74 Å². The van der Waals surface area contributed by atoms with Gasteiger partial charge in [0.2, 0.25) is 0 Å². The SMILES string of the molecule is O=C(OCC[C@]12[C@@H]3[C@H](I)[C@@H]4[C@H]5C[C@@H]([C@H]([C@H]53)[C@@H]1I)[C@H]42)C(F)(F)F. The Bertz CT molecular complexity index is 563. The molecule has 6 fully saturated rings. The lowest BCUT2D eigenvalue weighted by Crippen LogP contribution is -2.41. The zero-order valence-electron chi connectivity index (χ0n) is 11.5. The average Bonchev–Trinajstić information content (AvgIpc) is 3.14. The molecule has 6 saturated carbocycles. The van der Waals surface area contributed by atoms with E-state index in [4.69, 9.17) is 0 Å². The molecule has 0 spiro atoms.